The summed E-state index contributed by atoms with van der Waals surface area (Å²) in [5.41, 5.74) is 0.963. The van der Waals surface area contributed by atoms with E-state index in [4.69, 9.17) is 0 Å². The summed E-state index contributed by atoms with van der Waals surface area (Å²) in [6, 6.07) is 6.67. The Morgan fingerprint density at radius 1 is 1.36 bits per heavy atom. The van der Waals surface area contributed by atoms with Gasteiger partial charge in [-0.3, -0.25) is 0 Å². The van der Waals surface area contributed by atoms with E-state index in [1.165, 1.54) is 12.1 Å². The molecular formula is C11H13FN2. The molecule has 0 saturated carbocycles. The van der Waals surface area contributed by atoms with Crippen molar-refractivity contribution in [1.82, 2.24) is 4.98 Å². The molecule has 0 saturated heterocycles. The van der Waals surface area contributed by atoms with Crippen LogP contribution in [0.25, 0.3) is 10.9 Å². The fourth-order valence-corrected chi connectivity index (χ4v) is 1.46. The van der Waals surface area contributed by atoms with Gasteiger partial charge < -0.3 is 10.3 Å². The van der Waals surface area contributed by atoms with E-state index in [0.29, 0.717) is 0 Å². The first-order valence-corrected chi connectivity index (χ1v) is 4.82. The van der Waals surface area contributed by atoms with Crippen LogP contribution in [0.3, 0.4) is 0 Å². The Morgan fingerprint density at radius 3 is 3.00 bits per heavy atom. The number of hydrogen-bond donors (Lipinski definition) is 2. The number of halogens is 1. The second-order valence-corrected chi connectivity index (χ2v) is 3.34. The first-order chi connectivity index (χ1) is 6.79. The summed E-state index contributed by atoms with van der Waals surface area (Å²) in [5.74, 6) is 0.756. The number of anilines is 1. The Morgan fingerprint density at radius 2 is 2.21 bits per heavy atom. The molecule has 14 heavy (non-hydrogen) atoms. The molecule has 0 aliphatic heterocycles. The Kier molecular flexibility index (Phi) is 2.39. The molecule has 0 fully saturated rings. The zero-order valence-electron chi connectivity index (χ0n) is 8.10. The van der Waals surface area contributed by atoms with Crippen LogP contribution in [0, 0.1) is 5.82 Å². The minimum absolute atomic E-state index is 0.196. The van der Waals surface area contributed by atoms with E-state index in [-0.39, 0.29) is 5.82 Å². The number of rotatable bonds is 3. The summed E-state index contributed by atoms with van der Waals surface area (Å²) < 4.78 is 12.9. The zero-order chi connectivity index (χ0) is 9.97. The number of aromatic amines is 1. The van der Waals surface area contributed by atoms with Gasteiger partial charge in [-0.1, -0.05) is 6.92 Å². The highest BCUT2D eigenvalue weighted by Crippen LogP contribution is 2.19. The molecule has 1 aromatic carbocycles. The summed E-state index contributed by atoms with van der Waals surface area (Å²) in [5, 5.41) is 4.13. The zero-order valence-corrected chi connectivity index (χ0v) is 8.10. The largest absolute Gasteiger partial charge is 0.372 e. The van der Waals surface area contributed by atoms with Gasteiger partial charge in [0, 0.05) is 17.4 Å². The molecule has 2 rings (SSSR count). The fourth-order valence-electron chi connectivity index (χ4n) is 1.46. The van der Waals surface area contributed by atoms with Crippen LogP contribution in [-0.2, 0) is 0 Å². The number of hydrogen-bond acceptors (Lipinski definition) is 1. The Balaban J connectivity index is 2.32. The van der Waals surface area contributed by atoms with Crippen LogP contribution in [0.5, 0.6) is 0 Å². The van der Waals surface area contributed by atoms with Gasteiger partial charge in [0.1, 0.15) is 11.6 Å². The fraction of sp³-hybridized carbons (Fsp3) is 0.273. The van der Waals surface area contributed by atoms with Crippen molar-refractivity contribution < 1.29 is 4.39 Å². The van der Waals surface area contributed by atoms with E-state index >= 15 is 0 Å². The molecule has 0 amide bonds. The maximum Gasteiger partial charge on any atom is 0.123 e. The summed E-state index contributed by atoms with van der Waals surface area (Å²) in [4.78, 5) is 3.18. The lowest BCUT2D eigenvalue weighted by atomic mass is 10.2. The standard InChI is InChI=1S/C11H13FN2/c1-2-5-13-11-7-8-6-9(12)3-4-10(8)14-11/h3-4,6-7,13-14H,2,5H2,1H3. The Hall–Kier alpha value is -1.51. The average molecular weight is 192 g/mol. The molecule has 0 unspecified atom stereocenters. The SMILES string of the molecule is CCCNc1cc2cc(F)ccc2[nH]1. The van der Waals surface area contributed by atoms with Crippen molar-refractivity contribution in [2.24, 2.45) is 0 Å². The number of benzene rings is 1. The molecule has 0 aliphatic rings. The third-order valence-electron chi connectivity index (χ3n) is 2.15. The van der Waals surface area contributed by atoms with Crippen molar-refractivity contribution in [3.8, 4) is 0 Å². The van der Waals surface area contributed by atoms with E-state index in [2.05, 4.69) is 17.2 Å². The lowest BCUT2D eigenvalue weighted by molar-refractivity contribution is 0.630. The van der Waals surface area contributed by atoms with Gasteiger partial charge in [0.25, 0.3) is 0 Å². The van der Waals surface area contributed by atoms with Crippen LogP contribution in [0.4, 0.5) is 10.2 Å². The van der Waals surface area contributed by atoms with Gasteiger partial charge in [-0.25, -0.2) is 4.39 Å². The molecule has 2 aromatic rings. The topological polar surface area (TPSA) is 27.8 Å². The minimum Gasteiger partial charge on any atom is -0.372 e. The monoisotopic (exact) mass is 192 g/mol. The van der Waals surface area contributed by atoms with Crippen molar-refractivity contribution in [2.45, 2.75) is 13.3 Å². The van der Waals surface area contributed by atoms with Gasteiger partial charge >= 0.3 is 0 Å². The predicted molar refractivity (Wildman–Crippen MR) is 57.0 cm³/mol. The third-order valence-corrected chi connectivity index (χ3v) is 2.15. The summed E-state index contributed by atoms with van der Waals surface area (Å²) in [6.45, 7) is 3.03. The Labute approximate surface area is 82.1 Å². The van der Waals surface area contributed by atoms with Gasteiger partial charge in [0.2, 0.25) is 0 Å². The van der Waals surface area contributed by atoms with Gasteiger partial charge in [0.05, 0.1) is 0 Å². The van der Waals surface area contributed by atoms with E-state index < -0.39 is 0 Å². The van der Waals surface area contributed by atoms with Crippen LogP contribution in [0.15, 0.2) is 24.3 Å². The lowest BCUT2D eigenvalue weighted by Gasteiger charge is -1.98. The normalized spacial score (nSPS) is 10.7. The molecule has 1 aromatic heterocycles. The smallest absolute Gasteiger partial charge is 0.123 e. The van der Waals surface area contributed by atoms with Crippen molar-refractivity contribution in [2.75, 3.05) is 11.9 Å². The van der Waals surface area contributed by atoms with Crippen molar-refractivity contribution in [1.29, 1.82) is 0 Å². The van der Waals surface area contributed by atoms with Gasteiger partial charge in [-0.2, -0.15) is 0 Å². The average Bonchev–Trinajstić information content (AvgIpc) is 2.56. The molecule has 0 bridgehead atoms. The molecule has 3 heteroatoms. The van der Waals surface area contributed by atoms with E-state index in [9.17, 15) is 4.39 Å². The molecule has 74 valence electrons. The van der Waals surface area contributed by atoms with Gasteiger partial charge in [-0.05, 0) is 30.7 Å². The van der Waals surface area contributed by atoms with Gasteiger partial charge in [0.15, 0.2) is 0 Å². The van der Waals surface area contributed by atoms with Gasteiger partial charge in [-0.15, -0.1) is 0 Å². The number of H-pyrrole nitrogens is 1. The van der Waals surface area contributed by atoms with Crippen LogP contribution >= 0.6 is 0 Å². The van der Waals surface area contributed by atoms with Crippen LogP contribution in [0.1, 0.15) is 13.3 Å². The van der Waals surface area contributed by atoms with Crippen molar-refractivity contribution >= 4 is 16.7 Å². The van der Waals surface area contributed by atoms with Crippen LogP contribution in [-0.4, -0.2) is 11.5 Å². The molecule has 2 nitrogen and oxygen atoms in total. The Bertz CT molecular complexity index is 434. The highest BCUT2D eigenvalue weighted by Gasteiger charge is 2.00. The maximum atomic E-state index is 12.9. The first-order valence-electron chi connectivity index (χ1n) is 4.82. The van der Waals surface area contributed by atoms with E-state index in [0.717, 1.165) is 29.7 Å². The minimum atomic E-state index is -0.196. The maximum absolute atomic E-state index is 12.9. The molecule has 0 radical (unpaired) electrons. The molecule has 0 atom stereocenters. The molecule has 2 N–H and O–H groups in total. The number of aromatic nitrogens is 1. The first kappa shape index (κ1) is 9.06. The highest BCUT2D eigenvalue weighted by atomic mass is 19.1. The van der Waals surface area contributed by atoms with E-state index in [1.807, 2.05) is 6.07 Å². The quantitative estimate of drug-likeness (QED) is 0.768. The molecule has 0 spiro atoms. The highest BCUT2D eigenvalue weighted by molar-refractivity contribution is 5.83. The summed E-state index contributed by atoms with van der Waals surface area (Å²) >= 11 is 0. The van der Waals surface area contributed by atoms with Crippen molar-refractivity contribution in [3.05, 3.63) is 30.1 Å². The predicted octanol–water partition coefficient (Wildman–Crippen LogP) is 3.13. The van der Waals surface area contributed by atoms with Crippen LogP contribution < -0.4 is 5.32 Å². The summed E-state index contributed by atoms with van der Waals surface area (Å²) in [6.07, 6.45) is 1.07. The number of fused-ring (bicyclic) bond motifs is 1. The van der Waals surface area contributed by atoms with Crippen molar-refractivity contribution in [3.63, 3.8) is 0 Å². The van der Waals surface area contributed by atoms with Crippen LogP contribution in [0.2, 0.25) is 0 Å². The molecule has 1 heterocycles. The molecular weight excluding hydrogens is 179 g/mol. The third kappa shape index (κ3) is 1.71. The summed E-state index contributed by atoms with van der Waals surface area (Å²) in [7, 11) is 0. The second-order valence-electron chi connectivity index (χ2n) is 3.34. The lowest BCUT2D eigenvalue weighted by Crippen LogP contribution is -1.98. The van der Waals surface area contributed by atoms with E-state index in [1.54, 1.807) is 6.07 Å². The number of nitrogens with one attached hydrogen (secondary N) is 2. The second kappa shape index (κ2) is 3.70. The molecule has 0 aliphatic carbocycles.